The summed E-state index contributed by atoms with van der Waals surface area (Å²) in [6, 6.07) is 4.65. The van der Waals surface area contributed by atoms with Crippen LogP contribution in [-0.2, 0) is 0 Å². The molecule has 0 N–H and O–H groups in total. The largest absolute Gasteiger partial charge is 0.461 e. The van der Waals surface area contributed by atoms with E-state index < -0.39 is 0 Å². The van der Waals surface area contributed by atoms with Gasteiger partial charge < -0.3 is 4.48 Å². The number of hydrogen-bond donors (Lipinski definition) is 0. The lowest BCUT2D eigenvalue weighted by molar-refractivity contribution is -0.527. The predicted molar refractivity (Wildman–Crippen MR) is 58.0 cm³/mol. The van der Waals surface area contributed by atoms with Crippen LogP contribution in [0.15, 0.2) is 24.5 Å². The molecular formula is C11H14BN3. The Hall–Kier alpha value is -1.34. The second kappa shape index (κ2) is 4.46. The van der Waals surface area contributed by atoms with Gasteiger partial charge in [-0.25, -0.2) is 5.26 Å². The Bertz CT molecular complexity index is 386. The van der Waals surface area contributed by atoms with Gasteiger partial charge in [-0.05, 0) is 38.6 Å². The highest BCUT2D eigenvalue weighted by Gasteiger charge is 2.23. The van der Waals surface area contributed by atoms with E-state index in [-0.39, 0.29) is 0 Å². The van der Waals surface area contributed by atoms with Crippen LogP contribution in [0, 0.1) is 11.2 Å². The van der Waals surface area contributed by atoms with Crippen molar-refractivity contribution in [2.45, 2.75) is 18.9 Å². The molecule has 0 aliphatic carbocycles. The lowest BCUT2D eigenvalue weighted by Gasteiger charge is -2.19. The van der Waals surface area contributed by atoms with Crippen LogP contribution < -0.4 is 4.48 Å². The fourth-order valence-electron chi connectivity index (χ4n) is 2.19. The topological polar surface area (TPSA) is 30.9 Å². The van der Waals surface area contributed by atoms with Gasteiger partial charge in [0, 0.05) is 11.6 Å². The molecule has 1 saturated heterocycles. The number of nitrogens with zero attached hydrogens (tertiary/aromatic N) is 3. The molecular weight excluding hydrogens is 185 g/mol. The number of rotatable bonds is 2. The van der Waals surface area contributed by atoms with E-state index in [2.05, 4.69) is 18.0 Å². The van der Waals surface area contributed by atoms with Gasteiger partial charge >= 0.3 is 0 Å². The minimum atomic E-state index is 0.518. The highest BCUT2D eigenvalue weighted by Crippen LogP contribution is 2.28. The molecule has 76 valence electrons. The van der Waals surface area contributed by atoms with E-state index in [1.54, 1.807) is 0 Å². The first-order chi connectivity index (χ1) is 7.31. The average Bonchev–Trinajstić information content (AvgIpc) is 2.65. The number of aromatic nitrogens is 1. The predicted octanol–water partition coefficient (Wildman–Crippen LogP) is 0.689. The van der Waals surface area contributed by atoms with Gasteiger partial charge in [-0.2, -0.15) is 0 Å². The molecule has 0 unspecified atom stereocenters. The van der Waals surface area contributed by atoms with Crippen molar-refractivity contribution < 1.29 is 4.48 Å². The summed E-state index contributed by atoms with van der Waals surface area (Å²) in [4.78, 5) is 2.37. The van der Waals surface area contributed by atoms with Gasteiger partial charge in [-0.15, -0.1) is 5.97 Å². The molecule has 2 rings (SSSR count). The first kappa shape index (κ1) is 10.2. The summed E-state index contributed by atoms with van der Waals surface area (Å²) in [6.45, 7) is 1.17. The summed E-state index contributed by atoms with van der Waals surface area (Å²) in [5, 5.41) is 8.59. The number of pyridine rings is 1. The quantitative estimate of drug-likeness (QED) is 0.656. The molecule has 0 amide bonds. The van der Waals surface area contributed by atoms with Gasteiger partial charge in [0.25, 0.3) is 0 Å². The van der Waals surface area contributed by atoms with Crippen molar-refractivity contribution in [2.24, 2.45) is 0 Å². The van der Waals surface area contributed by atoms with Crippen LogP contribution in [0.25, 0.3) is 0 Å². The zero-order valence-electron chi connectivity index (χ0n) is 8.93. The smallest absolute Gasteiger partial charge is 0.213 e. The van der Waals surface area contributed by atoms with E-state index in [4.69, 9.17) is 5.26 Å². The molecule has 3 nitrogen and oxygen atoms in total. The SMILES string of the molecule is CN1CCC[C@H]1c1ccc[n+]([B-]C#N)c1. The Kier molecular flexibility index (Phi) is 3.03. The van der Waals surface area contributed by atoms with Crippen LogP contribution in [0.4, 0.5) is 0 Å². The Labute approximate surface area is 91.2 Å². The normalized spacial score (nSPS) is 21.5. The molecule has 4 heteroatoms. The van der Waals surface area contributed by atoms with Crippen LogP contribution in [-0.4, -0.2) is 25.9 Å². The van der Waals surface area contributed by atoms with Crippen LogP contribution in [0.3, 0.4) is 0 Å². The molecule has 0 saturated carbocycles. The molecule has 2 heterocycles. The molecule has 0 spiro atoms. The van der Waals surface area contributed by atoms with E-state index in [0.29, 0.717) is 6.04 Å². The second-order valence-corrected chi connectivity index (χ2v) is 3.98. The van der Waals surface area contributed by atoms with Crippen molar-refractivity contribution in [1.82, 2.24) is 4.90 Å². The molecule has 1 aliphatic heterocycles. The maximum Gasteiger partial charge on any atom is 0.213 e. The van der Waals surface area contributed by atoms with Crippen LogP contribution in [0.5, 0.6) is 0 Å². The number of likely N-dealkylation sites (tertiary alicyclic amines) is 1. The lowest BCUT2D eigenvalue weighted by Crippen LogP contribution is -2.39. The number of nitriles is 1. The molecule has 1 fully saturated rings. The zero-order chi connectivity index (χ0) is 10.7. The lowest BCUT2D eigenvalue weighted by atomic mass is 9.96. The second-order valence-electron chi connectivity index (χ2n) is 3.98. The van der Waals surface area contributed by atoms with E-state index in [1.165, 1.54) is 32.4 Å². The molecule has 0 bridgehead atoms. The van der Waals surface area contributed by atoms with Gasteiger partial charge in [-0.1, -0.05) is 0 Å². The van der Waals surface area contributed by atoms with Gasteiger partial charge in [0.05, 0.1) is 0 Å². The summed E-state index contributed by atoms with van der Waals surface area (Å²) in [6.07, 6.45) is 6.41. The summed E-state index contributed by atoms with van der Waals surface area (Å²) in [5.41, 5.74) is 1.30. The van der Waals surface area contributed by atoms with Crippen molar-refractivity contribution in [1.29, 1.82) is 5.26 Å². The molecule has 1 aromatic rings. The summed E-state index contributed by atoms with van der Waals surface area (Å²) in [7, 11) is 3.67. The first-order valence-corrected chi connectivity index (χ1v) is 5.25. The Balaban J connectivity index is 2.21. The maximum atomic E-state index is 8.59. The molecule has 15 heavy (non-hydrogen) atoms. The fraction of sp³-hybridized carbons (Fsp3) is 0.455. The van der Waals surface area contributed by atoms with Gasteiger partial charge in [0.1, 0.15) is 12.4 Å². The first-order valence-electron chi connectivity index (χ1n) is 5.25. The Morgan fingerprint density at radius 3 is 3.20 bits per heavy atom. The van der Waals surface area contributed by atoms with E-state index in [0.717, 1.165) is 0 Å². The van der Waals surface area contributed by atoms with Crippen molar-refractivity contribution in [2.75, 3.05) is 13.6 Å². The van der Waals surface area contributed by atoms with Crippen LogP contribution in [0.2, 0.25) is 0 Å². The van der Waals surface area contributed by atoms with Gasteiger partial charge in [-0.3, -0.25) is 4.90 Å². The molecule has 1 atom stereocenters. The monoisotopic (exact) mass is 199 g/mol. The summed E-state index contributed by atoms with van der Waals surface area (Å²) >= 11 is 0. The standard InChI is InChI=1S/C11H14BN3/c1-14-6-3-5-11(14)10-4-2-7-15(8-10)12-9-13/h2,4,7-8,11H,3,5-6H2,1H3/t11-/m0/s1. The zero-order valence-corrected chi connectivity index (χ0v) is 8.93. The maximum absolute atomic E-state index is 8.59. The summed E-state index contributed by atoms with van der Waals surface area (Å²) in [5.74, 6) is 2.04. The van der Waals surface area contributed by atoms with E-state index in [9.17, 15) is 0 Å². The molecule has 2 radical (unpaired) electrons. The third-order valence-corrected chi connectivity index (χ3v) is 2.96. The number of hydrogen-bond acceptors (Lipinski definition) is 2. The van der Waals surface area contributed by atoms with E-state index in [1.807, 2.05) is 28.9 Å². The van der Waals surface area contributed by atoms with E-state index >= 15 is 0 Å². The summed E-state index contributed by atoms with van der Waals surface area (Å²) < 4.78 is 1.82. The van der Waals surface area contributed by atoms with Crippen LogP contribution >= 0.6 is 0 Å². The van der Waals surface area contributed by atoms with Gasteiger partial charge in [0.15, 0.2) is 0 Å². The van der Waals surface area contributed by atoms with Crippen molar-refractivity contribution in [3.8, 4) is 5.97 Å². The van der Waals surface area contributed by atoms with Crippen molar-refractivity contribution >= 4 is 7.41 Å². The van der Waals surface area contributed by atoms with Gasteiger partial charge in [0.2, 0.25) is 7.41 Å². The Morgan fingerprint density at radius 1 is 1.67 bits per heavy atom. The fourth-order valence-corrected chi connectivity index (χ4v) is 2.19. The molecule has 1 aliphatic rings. The van der Waals surface area contributed by atoms with Crippen molar-refractivity contribution in [3.63, 3.8) is 0 Å². The minimum Gasteiger partial charge on any atom is -0.461 e. The third-order valence-electron chi connectivity index (χ3n) is 2.96. The highest BCUT2D eigenvalue weighted by molar-refractivity contribution is 6.34. The Morgan fingerprint density at radius 2 is 2.53 bits per heavy atom. The minimum absolute atomic E-state index is 0.518. The van der Waals surface area contributed by atoms with Crippen LogP contribution in [0.1, 0.15) is 24.4 Å². The highest BCUT2D eigenvalue weighted by atomic mass is 15.1. The molecule has 1 aromatic heterocycles. The van der Waals surface area contributed by atoms with Crippen molar-refractivity contribution in [3.05, 3.63) is 30.1 Å². The average molecular weight is 199 g/mol. The third kappa shape index (κ3) is 2.19. The molecule has 0 aromatic carbocycles.